The highest BCUT2D eigenvalue weighted by Gasteiger charge is 2.34. The predicted molar refractivity (Wildman–Crippen MR) is 118 cm³/mol. The van der Waals surface area contributed by atoms with Gasteiger partial charge in [0.05, 0.1) is 6.10 Å². The van der Waals surface area contributed by atoms with Crippen molar-refractivity contribution < 1.29 is 9.53 Å². The second-order valence-electron chi connectivity index (χ2n) is 9.31. The Morgan fingerprint density at radius 2 is 2.10 bits per heavy atom. The molecule has 30 heavy (non-hydrogen) atoms. The zero-order valence-corrected chi connectivity index (χ0v) is 18.1. The average molecular weight is 411 g/mol. The first-order valence-corrected chi connectivity index (χ1v) is 11.6. The third-order valence-corrected chi connectivity index (χ3v) is 7.18. The van der Waals surface area contributed by atoms with E-state index in [1.165, 1.54) is 36.9 Å². The van der Waals surface area contributed by atoms with Crippen LogP contribution in [0.5, 0.6) is 0 Å². The SMILES string of the molecule is C[C@H]1CN2CCC[C@@H]2CN1Cc1cn(CC(=O)NC[C@@H]2CCCO2)c2ccccc12. The smallest absolute Gasteiger partial charge is 0.240 e. The number of nitrogens with zero attached hydrogens (tertiary/aromatic N) is 3. The lowest BCUT2D eigenvalue weighted by atomic mass is 10.1. The first kappa shape index (κ1) is 20.0. The van der Waals surface area contributed by atoms with Crippen molar-refractivity contribution in [3.8, 4) is 0 Å². The molecule has 6 heteroatoms. The molecule has 3 aliphatic heterocycles. The fourth-order valence-electron chi connectivity index (χ4n) is 5.51. The molecule has 3 saturated heterocycles. The molecule has 6 nitrogen and oxygen atoms in total. The van der Waals surface area contributed by atoms with Gasteiger partial charge in [-0.3, -0.25) is 14.6 Å². The summed E-state index contributed by atoms with van der Waals surface area (Å²) in [4.78, 5) is 17.9. The van der Waals surface area contributed by atoms with Crippen molar-refractivity contribution in [2.75, 3.05) is 32.8 Å². The molecule has 0 radical (unpaired) electrons. The number of nitrogens with one attached hydrogen (secondary N) is 1. The van der Waals surface area contributed by atoms with Crippen LogP contribution in [-0.2, 0) is 22.6 Å². The Labute approximate surface area is 179 Å². The second kappa shape index (κ2) is 8.69. The van der Waals surface area contributed by atoms with Crippen molar-refractivity contribution >= 4 is 16.8 Å². The molecule has 1 amide bonds. The van der Waals surface area contributed by atoms with E-state index in [2.05, 4.69) is 57.1 Å². The summed E-state index contributed by atoms with van der Waals surface area (Å²) in [6.45, 7) is 8.70. The van der Waals surface area contributed by atoms with Crippen LogP contribution < -0.4 is 5.32 Å². The molecule has 2 aromatic rings. The van der Waals surface area contributed by atoms with E-state index >= 15 is 0 Å². The summed E-state index contributed by atoms with van der Waals surface area (Å²) < 4.78 is 7.74. The maximum absolute atomic E-state index is 12.6. The summed E-state index contributed by atoms with van der Waals surface area (Å²) in [5.41, 5.74) is 2.47. The Kier molecular flexibility index (Phi) is 5.81. The molecule has 5 rings (SSSR count). The number of carbonyl (C=O) groups excluding carboxylic acids is 1. The van der Waals surface area contributed by atoms with Crippen molar-refractivity contribution in [3.05, 3.63) is 36.0 Å². The van der Waals surface area contributed by atoms with E-state index in [0.717, 1.165) is 44.1 Å². The van der Waals surface area contributed by atoms with Crippen molar-refractivity contribution in [2.45, 2.75) is 63.9 Å². The third-order valence-electron chi connectivity index (χ3n) is 7.18. The molecule has 1 aromatic heterocycles. The fourth-order valence-corrected chi connectivity index (χ4v) is 5.51. The highest BCUT2D eigenvalue weighted by atomic mass is 16.5. The largest absolute Gasteiger partial charge is 0.376 e. The molecule has 3 atom stereocenters. The van der Waals surface area contributed by atoms with E-state index in [1.54, 1.807) is 0 Å². The van der Waals surface area contributed by atoms with Crippen LogP contribution in [0.1, 0.15) is 38.2 Å². The van der Waals surface area contributed by atoms with Crippen molar-refractivity contribution in [3.63, 3.8) is 0 Å². The number of fused-ring (bicyclic) bond motifs is 2. The van der Waals surface area contributed by atoms with E-state index in [1.807, 2.05) is 0 Å². The van der Waals surface area contributed by atoms with Gasteiger partial charge in [0.1, 0.15) is 6.54 Å². The number of benzene rings is 1. The topological polar surface area (TPSA) is 49.7 Å². The standard InChI is InChI=1S/C24H34N4O2/c1-18-13-26-10-4-6-20(26)16-27(18)14-19-15-28(23-9-3-2-8-22(19)23)17-24(29)25-12-21-7-5-11-30-21/h2-3,8-9,15,18,20-21H,4-7,10-14,16-17H2,1H3,(H,25,29)/t18-,20+,21-/m0/s1. The molecule has 0 saturated carbocycles. The maximum Gasteiger partial charge on any atom is 0.240 e. The summed E-state index contributed by atoms with van der Waals surface area (Å²) in [5.74, 6) is 0.0609. The van der Waals surface area contributed by atoms with Gasteiger partial charge in [-0.25, -0.2) is 0 Å². The Balaban J connectivity index is 1.29. The van der Waals surface area contributed by atoms with Crippen LogP contribution in [0.15, 0.2) is 30.5 Å². The van der Waals surface area contributed by atoms with Gasteiger partial charge in [-0.2, -0.15) is 0 Å². The average Bonchev–Trinajstić information content (AvgIpc) is 3.48. The minimum atomic E-state index is 0.0609. The van der Waals surface area contributed by atoms with Gasteiger partial charge in [0.25, 0.3) is 0 Å². The van der Waals surface area contributed by atoms with Crippen molar-refractivity contribution in [1.82, 2.24) is 19.7 Å². The molecular weight excluding hydrogens is 376 g/mol. The zero-order valence-electron chi connectivity index (χ0n) is 18.1. The first-order valence-electron chi connectivity index (χ1n) is 11.6. The van der Waals surface area contributed by atoms with E-state index in [4.69, 9.17) is 4.74 Å². The number of hydrogen-bond donors (Lipinski definition) is 1. The number of ether oxygens (including phenoxy) is 1. The fraction of sp³-hybridized carbons (Fsp3) is 0.625. The lowest BCUT2D eigenvalue weighted by Gasteiger charge is -2.42. The molecule has 162 valence electrons. The predicted octanol–water partition coefficient (Wildman–Crippen LogP) is 2.61. The number of carbonyl (C=O) groups is 1. The lowest BCUT2D eigenvalue weighted by Crippen LogP contribution is -2.54. The van der Waals surface area contributed by atoms with Gasteiger partial charge in [0, 0.05) is 62.0 Å². The summed E-state index contributed by atoms with van der Waals surface area (Å²) in [6.07, 6.45) is 7.19. The number of aromatic nitrogens is 1. The summed E-state index contributed by atoms with van der Waals surface area (Å²) in [5, 5.41) is 4.33. The van der Waals surface area contributed by atoms with Crippen LogP contribution in [0.2, 0.25) is 0 Å². The Morgan fingerprint density at radius 3 is 2.97 bits per heavy atom. The highest BCUT2D eigenvalue weighted by Crippen LogP contribution is 2.28. The Morgan fingerprint density at radius 1 is 1.20 bits per heavy atom. The molecule has 1 aromatic carbocycles. The number of hydrogen-bond acceptors (Lipinski definition) is 4. The van der Waals surface area contributed by atoms with Gasteiger partial charge in [0.15, 0.2) is 0 Å². The highest BCUT2D eigenvalue weighted by molar-refractivity contribution is 5.86. The minimum Gasteiger partial charge on any atom is -0.376 e. The van der Waals surface area contributed by atoms with E-state index in [9.17, 15) is 4.79 Å². The van der Waals surface area contributed by atoms with E-state index in [-0.39, 0.29) is 12.0 Å². The van der Waals surface area contributed by atoms with Gasteiger partial charge in [0.2, 0.25) is 5.91 Å². The normalized spacial score (nSPS) is 27.6. The van der Waals surface area contributed by atoms with Crippen LogP contribution in [0, 0.1) is 0 Å². The molecule has 4 heterocycles. The summed E-state index contributed by atoms with van der Waals surface area (Å²) in [7, 11) is 0. The van der Waals surface area contributed by atoms with Crippen LogP contribution in [0.3, 0.4) is 0 Å². The molecule has 0 unspecified atom stereocenters. The monoisotopic (exact) mass is 410 g/mol. The quantitative estimate of drug-likeness (QED) is 0.795. The van der Waals surface area contributed by atoms with Gasteiger partial charge in [-0.15, -0.1) is 0 Å². The van der Waals surface area contributed by atoms with Crippen LogP contribution in [0.4, 0.5) is 0 Å². The molecule has 0 bridgehead atoms. The van der Waals surface area contributed by atoms with Gasteiger partial charge in [-0.05, 0) is 50.8 Å². The molecule has 1 N–H and O–H groups in total. The number of amides is 1. The van der Waals surface area contributed by atoms with Gasteiger partial charge < -0.3 is 14.6 Å². The minimum absolute atomic E-state index is 0.0609. The van der Waals surface area contributed by atoms with Gasteiger partial charge >= 0.3 is 0 Å². The third kappa shape index (κ3) is 4.13. The lowest BCUT2D eigenvalue weighted by molar-refractivity contribution is -0.122. The summed E-state index contributed by atoms with van der Waals surface area (Å²) >= 11 is 0. The number of rotatable bonds is 6. The maximum atomic E-state index is 12.6. The van der Waals surface area contributed by atoms with Crippen molar-refractivity contribution in [1.29, 1.82) is 0 Å². The summed E-state index contributed by atoms with van der Waals surface area (Å²) in [6, 6.07) is 9.78. The molecule has 0 aliphatic carbocycles. The first-order chi connectivity index (χ1) is 14.7. The Hall–Kier alpha value is -1.89. The number of piperazine rings is 1. The number of para-hydroxylation sites is 1. The van der Waals surface area contributed by atoms with Crippen molar-refractivity contribution in [2.24, 2.45) is 0 Å². The molecule has 3 aliphatic rings. The van der Waals surface area contributed by atoms with Crippen LogP contribution in [0.25, 0.3) is 10.9 Å². The van der Waals surface area contributed by atoms with Crippen LogP contribution in [-0.4, -0.2) is 71.2 Å². The molecular formula is C24H34N4O2. The van der Waals surface area contributed by atoms with Gasteiger partial charge in [-0.1, -0.05) is 18.2 Å². The molecule has 3 fully saturated rings. The zero-order chi connectivity index (χ0) is 20.5. The van der Waals surface area contributed by atoms with E-state index < -0.39 is 0 Å². The molecule has 0 spiro atoms. The van der Waals surface area contributed by atoms with Crippen LogP contribution >= 0.6 is 0 Å². The Bertz CT molecular complexity index is 888. The van der Waals surface area contributed by atoms with E-state index in [0.29, 0.717) is 19.1 Å². The second-order valence-corrected chi connectivity index (χ2v) is 9.31.